The third-order valence-corrected chi connectivity index (χ3v) is 5.71. The van der Waals surface area contributed by atoms with Crippen molar-refractivity contribution in [1.29, 1.82) is 0 Å². The van der Waals surface area contributed by atoms with Crippen molar-refractivity contribution in [3.63, 3.8) is 0 Å². The Kier molecular flexibility index (Phi) is 3.60. The van der Waals surface area contributed by atoms with Gasteiger partial charge in [0.1, 0.15) is 0 Å². The molecule has 1 heterocycles. The van der Waals surface area contributed by atoms with Crippen molar-refractivity contribution in [3.05, 3.63) is 79.4 Å². The van der Waals surface area contributed by atoms with Crippen molar-refractivity contribution in [2.24, 2.45) is 5.92 Å². The van der Waals surface area contributed by atoms with Crippen LogP contribution in [-0.4, -0.2) is 4.92 Å². The molecule has 0 radical (unpaired) electrons. The topological polar surface area (TPSA) is 55.2 Å². The molecule has 0 spiro atoms. The first-order valence-corrected chi connectivity index (χ1v) is 8.69. The van der Waals surface area contributed by atoms with Crippen molar-refractivity contribution >= 4 is 34.0 Å². The number of allylic oxidation sites excluding steroid dienone is 2. The average Bonchev–Trinajstić information content (AvgIpc) is 3.04. The van der Waals surface area contributed by atoms with Crippen LogP contribution in [-0.2, 0) is 0 Å². The largest absolute Gasteiger partial charge is 0.377 e. The molecule has 0 amide bonds. The highest BCUT2D eigenvalue weighted by molar-refractivity contribution is 14.1. The summed E-state index contributed by atoms with van der Waals surface area (Å²) in [5, 5.41) is 14.5. The second-order valence-corrected chi connectivity index (χ2v) is 7.19. The molecular formula is C18H15IN2O2. The molecule has 116 valence electrons. The van der Waals surface area contributed by atoms with Crippen molar-refractivity contribution in [3.8, 4) is 0 Å². The summed E-state index contributed by atoms with van der Waals surface area (Å²) in [5.74, 6) is 0.878. The Hall–Kier alpha value is -1.89. The van der Waals surface area contributed by atoms with Gasteiger partial charge in [0, 0.05) is 21.6 Å². The number of nitrogens with one attached hydrogen (secondary N) is 1. The third-order valence-electron chi connectivity index (χ3n) is 4.81. The van der Waals surface area contributed by atoms with Gasteiger partial charge < -0.3 is 5.32 Å². The second kappa shape index (κ2) is 5.63. The van der Waals surface area contributed by atoms with Gasteiger partial charge in [-0.15, -0.1) is 0 Å². The summed E-state index contributed by atoms with van der Waals surface area (Å²) in [4.78, 5) is 10.5. The van der Waals surface area contributed by atoms with Crippen LogP contribution in [0.25, 0.3) is 0 Å². The van der Waals surface area contributed by atoms with E-state index in [1.165, 1.54) is 14.8 Å². The normalized spacial score (nSPS) is 24.7. The molecule has 0 saturated carbocycles. The number of rotatable bonds is 2. The van der Waals surface area contributed by atoms with E-state index in [1.807, 2.05) is 12.1 Å². The fourth-order valence-corrected chi connectivity index (χ4v) is 4.39. The number of nitrogens with zero attached hydrogens (tertiary/aromatic N) is 1. The summed E-state index contributed by atoms with van der Waals surface area (Å²) in [6.07, 6.45) is 5.59. The Morgan fingerprint density at radius 1 is 1.17 bits per heavy atom. The number of benzene rings is 2. The molecule has 2 aromatic carbocycles. The van der Waals surface area contributed by atoms with Crippen LogP contribution in [0, 0.1) is 19.6 Å². The number of non-ortho nitro benzene ring substituents is 1. The molecule has 4 nitrogen and oxygen atoms in total. The summed E-state index contributed by atoms with van der Waals surface area (Å²) in [6, 6.07) is 13.6. The van der Waals surface area contributed by atoms with Gasteiger partial charge in [0.25, 0.3) is 5.69 Å². The standard InChI is InChI=1S/C18H15IN2O2/c19-16-6-2-5-15-13-3-1-4-14(13)17(20-18(15)16)11-7-9-12(10-8-11)21(22)23/h1-3,5-10,13-14,17,20H,4H2/t13-,14+,17-/m0/s1. The molecular weight excluding hydrogens is 403 g/mol. The zero-order chi connectivity index (χ0) is 16.0. The minimum Gasteiger partial charge on any atom is -0.377 e. The maximum Gasteiger partial charge on any atom is 0.269 e. The maximum absolute atomic E-state index is 10.9. The Morgan fingerprint density at radius 3 is 2.70 bits per heavy atom. The molecule has 1 N–H and O–H groups in total. The molecule has 1 aliphatic carbocycles. The summed E-state index contributed by atoms with van der Waals surface area (Å²) < 4.78 is 1.21. The molecule has 23 heavy (non-hydrogen) atoms. The van der Waals surface area contributed by atoms with Crippen LogP contribution < -0.4 is 5.32 Å². The smallest absolute Gasteiger partial charge is 0.269 e. The fraction of sp³-hybridized carbons (Fsp3) is 0.222. The van der Waals surface area contributed by atoms with Gasteiger partial charge >= 0.3 is 0 Å². The lowest BCUT2D eigenvalue weighted by atomic mass is 9.77. The lowest BCUT2D eigenvalue weighted by Gasteiger charge is -2.38. The SMILES string of the molecule is O=[N+]([O-])c1ccc([C@@H]2Nc3c(I)cccc3[C@H]3C=CC[C@H]32)cc1. The van der Waals surface area contributed by atoms with Gasteiger partial charge in [0.2, 0.25) is 0 Å². The van der Waals surface area contributed by atoms with Crippen LogP contribution in [0.15, 0.2) is 54.6 Å². The third kappa shape index (κ3) is 2.43. The van der Waals surface area contributed by atoms with E-state index >= 15 is 0 Å². The number of hydrogen-bond donors (Lipinski definition) is 1. The molecule has 1 aliphatic heterocycles. The Labute approximate surface area is 147 Å². The van der Waals surface area contributed by atoms with Gasteiger partial charge in [0.05, 0.1) is 16.7 Å². The van der Waals surface area contributed by atoms with Crippen molar-refractivity contribution in [2.45, 2.75) is 18.4 Å². The highest BCUT2D eigenvalue weighted by Crippen LogP contribution is 2.50. The minimum atomic E-state index is -0.351. The van der Waals surface area contributed by atoms with E-state index in [4.69, 9.17) is 0 Å². The number of anilines is 1. The maximum atomic E-state index is 10.9. The molecule has 0 fully saturated rings. The predicted octanol–water partition coefficient (Wildman–Crippen LogP) is 5.03. The quantitative estimate of drug-likeness (QED) is 0.322. The summed E-state index contributed by atoms with van der Waals surface area (Å²) in [6.45, 7) is 0. The number of nitro benzene ring substituents is 1. The number of nitro groups is 1. The Morgan fingerprint density at radius 2 is 1.96 bits per heavy atom. The second-order valence-electron chi connectivity index (χ2n) is 6.03. The Balaban J connectivity index is 1.75. The van der Waals surface area contributed by atoms with Crippen LogP contribution >= 0.6 is 22.6 Å². The van der Waals surface area contributed by atoms with E-state index in [0.717, 1.165) is 12.0 Å². The lowest BCUT2D eigenvalue weighted by Crippen LogP contribution is -2.29. The van der Waals surface area contributed by atoms with E-state index in [2.05, 4.69) is 58.3 Å². The molecule has 0 aromatic heterocycles. The Bertz CT molecular complexity index is 801. The van der Waals surface area contributed by atoms with Gasteiger partial charge in [-0.2, -0.15) is 0 Å². The van der Waals surface area contributed by atoms with Crippen molar-refractivity contribution < 1.29 is 4.92 Å². The molecule has 0 saturated heterocycles. The first-order chi connectivity index (χ1) is 11.1. The summed E-state index contributed by atoms with van der Waals surface area (Å²) in [5.41, 5.74) is 3.80. The van der Waals surface area contributed by atoms with Gasteiger partial charge in [-0.05, 0) is 52.1 Å². The molecule has 5 heteroatoms. The first kappa shape index (κ1) is 14.7. The molecule has 0 bridgehead atoms. The van der Waals surface area contributed by atoms with Gasteiger partial charge in [-0.3, -0.25) is 10.1 Å². The van der Waals surface area contributed by atoms with Crippen LogP contribution in [0.5, 0.6) is 0 Å². The summed E-state index contributed by atoms with van der Waals surface area (Å²) >= 11 is 2.36. The predicted molar refractivity (Wildman–Crippen MR) is 98.6 cm³/mol. The zero-order valence-electron chi connectivity index (χ0n) is 12.3. The van der Waals surface area contributed by atoms with Gasteiger partial charge in [0.15, 0.2) is 0 Å². The molecule has 4 rings (SSSR count). The van der Waals surface area contributed by atoms with Crippen LogP contribution in [0.4, 0.5) is 11.4 Å². The van der Waals surface area contributed by atoms with Gasteiger partial charge in [-0.1, -0.05) is 36.4 Å². The van der Waals surface area contributed by atoms with Crippen LogP contribution in [0.3, 0.4) is 0 Å². The minimum absolute atomic E-state index is 0.139. The van der Waals surface area contributed by atoms with Crippen molar-refractivity contribution in [1.82, 2.24) is 0 Å². The van der Waals surface area contributed by atoms with Crippen LogP contribution in [0.1, 0.15) is 29.5 Å². The fourth-order valence-electron chi connectivity index (χ4n) is 3.72. The van der Waals surface area contributed by atoms with Gasteiger partial charge in [-0.25, -0.2) is 0 Å². The number of hydrogen-bond acceptors (Lipinski definition) is 3. The highest BCUT2D eigenvalue weighted by Gasteiger charge is 2.38. The number of para-hydroxylation sites is 1. The number of fused-ring (bicyclic) bond motifs is 3. The van der Waals surface area contributed by atoms with E-state index < -0.39 is 0 Å². The average molecular weight is 418 g/mol. The molecule has 2 aliphatic rings. The van der Waals surface area contributed by atoms with Crippen molar-refractivity contribution in [2.75, 3.05) is 5.32 Å². The number of halogens is 1. The summed E-state index contributed by atoms with van der Waals surface area (Å²) in [7, 11) is 0. The van der Waals surface area contributed by atoms with E-state index in [9.17, 15) is 10.1 Å². The highest BCUT2D eigenvalue weighted by atomic mass is 127. The lowest BCUT2D eigenvalue weighted by molar-refractivity contribution is -0.384. The van der Waals surface area contributed by atoms with E-state index in [1.54, 1.807) is 12.1 Å². The molecule has 0 unspecified atom stereocenters. The van der Waals surface area contributed by atoms with E-state index in [0.29, 0.717) is 11.8 Å². The first-order valence-electron chi connectivity index (χ1n) is 7.61. The van der Waals surface area contributed by atoms with Crippen LogP contribution in [0.2, 0.25) is 0 Å². The molecule has 2 aromatic rings. The molecule has 3 atom stereocenters. The zero-order valence-corrected chi connectivity index (χ0v) is 14.4. The van der Waals surface area contributed by atoms with E-state index in [-0.39, 0.29) is 16.7 Å². The monoisotopic (exact) mass is 418 g/mol.